The fourth-order valence-corrected chi connectivity index (χ4v) is 5.00. The first kappa shape index (κ1) is 24.9. The summed E-state index contributed by atoms with van der Waals surface area (Å²) in [6.07, 6.45) is 2.44. The Balaban J connectivity index is 1.46. The number of carbonyl (C=O) groups excluding carboxylic acids is 1. The second kappa shape index (κ2) is 10.7. The molecule has 0 spiro atoms. The molecule has 7 nitrogen and oxygen atoms in total. The van der Waals surface area contributed by atoms with Gasteiger partial charge in [-0.3, -0.25) is 4.79 Å². The SMILES string of the molecule is CCC[C@@H](C)c1nc(N2CCN(C(=O)Cc3ccccc3)CC2)c2c(C)nn(-c3ccc(F)cc3)c2n1. The van der Waals surface area contributed by atoms with Gasteiger partial charge in [-0.15, -0.1) is 0 Å². The van der Waals surface area contributed by atoms with Gasteiger partial charge in [0.05, 0.1) is 23.2 Å². The molecule has 1 fully saturated rings. The van der Waals surface area contributed by atoms with Gasteiger partial charge in [-0.2, -0.15) is 5.10 Å². The number of benzene rings is 2. The first-order valence-electron chi connectivity index (χ1n) is 13.0. The molecule has 1 amide bonds. The van der Waals surface area contributed by atoms with Crippen LogP contribution in [0.4, 0.5) is 10.2 Å². The van der Waals surface area contributed by atoms with Crippen LogP contribution >= 0.6 is 0 Å². The van der Waals surface area contributed by atoms with Crippen molar-refractivity contribution >= 4 is 22.8 Å². The van der Waals surface area contributed by atoms with Crippen molar-refractivity contribution in [2.75, 3.05) is 31.1 Å². The molecule has 192 valence electrons. The lowest BCUT2D eigenvalue weighted by atomic mass is 10.1. The molecular formula is C29H33FN6O. The van der Waals surface area contributed by atoms with E-state index >= 15 is 0 Å². The summed E-state index contributed by atoms with van der Waals surface area (Å²) in [6.45, 7) is 8.94. The summed E-state index contributed by atoms with van der Waals surface area (Å²) in [7, 11) is 0. The van der Waals surface area contributed by atoms with E-state index in [1.165, 1.54) is 12.1 Å². The van der Waals surface area contributed by atoms with Crippen molar-refractivity contribution in [3.05, 3.63) is 77.5 Å². The number of halogens is 1. The molecule has 1 aliphatic heterocycles. The summed E-state index contributed by atoms with van der Waals surface area (Å²) in [5.74, 6) is 1.71. The Morgan fingerprint density at radius 3 is 2.38 bits per heavy atom. The molecule has 2 aromatic heterocycles. The number of rotatable bonds is 7. The Hall–Kier alpha value is -3.81. The maximum absolute atomic E-state index is 13.6. The van der Waals surface area contributed by atoms with Crippen molar-refractivity contribution in [3.63, 3.8) is 0 Å². The summed E-state index contributed by atoms with van der Waals surface area (Å²) in [4.78, 5) is 27.1. The summed E-state index contributed by atoms with van der Waals surface area (Å²) in [6, 6.07) is 16.2. The van der Waals surface area contributed by atoms with E-state index in [4.69, 9.17) is 15.1 Å². The Kier molecular flexibility index (Phi) is 7.17. The van der Waals surface area contributed by atoms with Crippen LogP contribution in [-0.2, 0) is 11.2 Å². The number of anilines is 1. The normalized spacial score (nSPS) is 14.8. The van der Waals surface area contributed by atoms with Crippen molar-refractivity contribution in [3.8, 4) is 5.69 Å². The first-order chi connectivity index (χ1) is 17.9. The van der Waals surface area contributed by atoms with E-state index in [0.717, 1.165) is 52.5 Å². The van der Waals surface area contributed by atoms with Crippen molar-refractivity contribution in [1.29, 1.82) is 0 Å². The second-order valence-corrected chi connectivity index (χ2v) is 9.80. The molecule has 0 bridgehead atoms. The number of aryl methyl sites for hydroxylation is 1. The number of carbonyl (C=O) groups is 1. The Morgan fingerprint density at radius 1 is 1.00 bits per heavy atom. The standard InChI is InChI=1S/C29H33FN6O/c1-4-8-20(2)27-31-28(26-21(3)33-36(29(26)32-27)24-13-11-23(30)12-14-24)35-17-15-34(16-18-35)25(37)19-22-9-6-5-7-10-22/h5-7,9-14,20H,4,8,15-19H2,1-3H3/t20-/m1/s1. The Labute approximate surface area is 216 Å². The van der Waals surface area contributed by atoms with Crippen LogP contribution < -0.4 is 4.90 Å². The molecule has 0 aliphatic carbocycles. The van der Waals surface area contributed by atoms with Crippen LogP contribution in [0.1, 0.15) is 49.7 Å². The van der Waals surface area contributed by atoms with Crippen molar-refractivity contribution in [2.45, 2.75) is 46.0 Å². The summed E-state index contributed by atoms with van der Waals surface area (Å²) < 4.78 is 15.4. The highest BCUT2D eigenvalue weighted by Crippen LogP contribution is 2.32. The van der Waals surface area contributed by atoms with E-state index in [9.17, 15) is 9.18 Å². The Morgan fingerprint density at radius 2 is 1.70 bits per heavy atom. The van der Waals surface area contributed by atoms with Crippen molar-refractivity contribution < 1.29 is 9.18 Å². The molecule has 0 unspecified atom stereocenters. The Bertz CT molecular complexity index is 1380. The molecule has 0 saturated carbocycles. The van der Waals surface area contributed by atoms with E-state index in [0.29, 0.717) is 32.6 Å². The average molecular weight is 501 g/mol. The average Bonchev–Trinajstić information content (AvgIpc) is 3.25. The van der Waals surface area contributed by atoms with Gasteiger partial charge >= 0.3 is 0 Å². The van der Waals surface area contributed by atoms with Gasteiger partial charge in [-0.1, -0.05) is 50.6 Å². The van der Waals surface area contributed by atoms with Gasteiger partial charge in [0, 0.05) is 32.1 Å². The highest BCUT2D eigenvalue weighted by Gasteiger charge is 2.27. The number of amides is 1. The molecule has 37 heavy (non-hydrogen) atoms. The van der Waals surface area contributed by atoms with Crippen LogP contribution in [0.15, 0.2) is 54.6 Å². The fraction of sp³-hybridized carbons (Fsp3) is 0.379. The van der Waals surface area contributed by atoms with Crippen LogP contribution in [0.5, 0.6) is 0 Å². The molecule has 4 aromatic rings. The number of hydrogen-bond acceptors (Lipinski definition) is 5. The number of nitrogens with zero attached hydrogens (tertiary/aromatic N) is 6. The molecule has 0 N–H and O–H groups in total. The van der Waals surface area contributed by atoms with Crippen LogP contribution in [0.2, 0.25) is 0 Å². The predicted molar refractivity (Wildman–Crippen MR) is 144 cm³/mol. The minimum absolute atomic E-state index is 0.149. The zero-order chi connectivity index (χ0) is 25.9. The fourth-order valence-electron chi connectivity index (χ4n) is 5.00. The van der Waals surface area contributed by atoms with Crippen LogP contribution in [0.3, 0.4) is 0 Å². The minimum Gasteiger partial charge on any atom is -0.352 e. The van der Waals surface area contributed by atoms with Gasteiger partial charge in [0.2, 0.25) is 5.91 Å². The zero-order valence-electron chi connectivity index (χ0n) is 21.7. The summed E-state index contributed by atoms with van der Waals surface area (Å²) >= 11 is 0. The summed E-state index contributed by atoms with van der Waals surface area (Å²) in [5, 5.41) is 5.69. The third kappa shape index (κ3) is 5.19. The van der Waals surface area contributed by atoms with E-state index in [2.05, 4.69) is 18.7 Å². The zero-order valence-corrected chi connectivity index (χ0v) is 21.7. The second-order valence-electron chi connectivity index (χ2n) is 9.80. The largest absolute Gasteiger partial charge is 0.352 e. The van der Waals surface area contributed by atoms with E-state index in [-0.39, 0.29) is 17.6 Å². The monoisotopic (exact) mass is 500 g/mol. The van der Waals surface area contributed by atoms with E-state index in [1.807, 2.05) is 42.2 Å². The molecule has 1 atom stereocenters. The smallest absolute Gasteiger partial charge is 0.227 e. The van der Waals surface area contributed by atoms with Crippen LogP contribution in [0.25, 0.3) is 16.7 Å². The molecule has 2 aromatic carbocycles. The maximum Gasteiger partial charge on any atom is 0.227 e. The minimum atomic E-state index is -0.288. The first-order valence-corrected chi connectivity index (χ1v) is 13.0. The predicted octanol–water partition coefficient (Wildman–Crippen LogP) is 5.06. The lowest BCUT2D eigenvalue weighted by Crippen LogP contribution is -2.49. The summed E-state index contributed by atoms with van der Waals surface area (Å²) in [5.41, 5.74) is 3.35. The maximum atomic E-state index is 13.6. The highest BCUT2D eigenvalue weighted by atomic mass is 19.1. The molecule has 8 heteroatoms. The van der Waals surface area contributed by atoms with Crippen molar-refractivity contribution in [1.82, 2.24) is 24.6 Å². The van der Waals surface area contributed by atoms with Gasteiger partial charge in [0.25, 0.3) is 0 Å². The van der Waals surface area contributed by atoms with Crippen LogP contribution in [0, 0.1) is 12.7 Å². The molecule has 0 radical (unpaired) electrons. The lowest BCUT2D eigenvalue weighted by molar-refractivity contribution is -0.130. The third-order valence-electron chi connectivity index (χ3n) is 7.06. The topological polar surface area (TPSA) is 67.2 Å². The van der Waals surface area contributed by atoms with E-state index < -0.39 is 0 Å². The number of piperazine rings is 1. The van der Waals surface area contributed by atoms with Crippen LogP contribution in [-0.4, -0.2) is 56.7 Å². The van der Waals surface area contributed by atoms with Gasteiger partial charge in [-0.05, 0) is 43.2 Å². The third-order valence-corrected chi connectivity index (χ3v) is 7.06. The van der Waals surface area contributed by atoms with Gasteiger partial charge in [-0.25, -0.2) is 19.0 Å². The molecular weight excluding hydrogens is 467 g/mol. The highest BCUT2D eigenvalue weighted by molar-refractivity contribution is 5.91. The lowest BCUT2D eigenvalue weighted by Gasteiger charge is -2.36. The van der Waals surface area contributed by atoms with E-state index in [1.54, 1.807) is 16.8 Å². The quantitative estimate of drug-likeness (QED) is 0.355. The number of fused-ring (bicyclic) bond motifs is 1. The molecule has 3 heterocycles. The molecule has 5 rings (SSSR count). The number of hydrogen-bond donors (Lipinski definition) is 0. The van der Waals surface area contributed by atoms with Gasteiger partial charge < -0.3 is 9.80 Å². The number of aromatic nitrogens is 4. The van der Waals surface area contributed by atoms with Crippen molar-refractivity contribution in [2.24, 2.45) is 0 Å². The molecule has 1 aliphatic rings. The molecule has 1 saturated heterocycles. The van der Waals surface area contributed by atoms with Gasteiger partial charge in [0.1, 0.15) is 17.5 Å². The van der Waals surface area contributed by atoms with Gasteiger partial charge in [0.15, 0.2) is 5.65 Å².